The summed E-state index contributed by atoms with van der Waals surface area (Å²) in [7, 11) is 1.63. The number of nitrogens with one attached hydrogen (secondary N) is 1. The van der Waals surface area contributed by atoms with E-state index in [1.54, 1.807) is 33.0 Å². The van der Waals surface area contributed by atoms with Crippen LogP contribution >= 0.6 is 0 Å². The van der Waals surface area contributed by atoms with Crippen molar-refractivity contribution in [3.8, 4) is 0 Å². The van der Waals surface area contributed by atoms with E-state index in [1.807, 2.05) is 0 Å². The summed E-state index contributed by atoms with van der Waals surface area (Å²) in [5.41, 5.74) is 0.723. The van der Waals surface area contributed by atoms with Crippen molar-refractivity contribution in [2.24, 2.45) is 0 Å². The van der Waals surface area contributed by atoms with Crippen LogP contribution in [0.2, 0.25) is 0 Å². The Morgan fingerprint density at radius 3 is 2.29 bits per heavy atom. The maximum absolute atomic E-state index is 13.1. The first kappa shape index (κ1) is 20.1. The highest BCUT2D eigenvalue weighted by Gasteiger charge is 2.22. The van der Waals surface area contributed by atoms with Gasteiger partial charge >= 0.3 is 0 Å². The average Bonchev–Trinajstić information content (AvgIpc) is 2.59. The maximum atomic E-state index is 13.1. The van der Waals surface area contributed by atoms with Gasteiger partial charge < -0.3 is 19.7 Å². The molecule has 1 atom stereocenters. The molecule has 0 fully saturated rings. The molecule has 0 aromatic heterocycles. The van der Waals surface area contributed by atoms with Crippen molar-refractivity contribution in [3.63, 3.8) is 0 Å². The highest BCUT2D eigenvalue weighted by Crippen LogP contribution is 2.19. The summed E-state index contributed by atoms with van der Waals surface area (Å²) in [6.07, 6.45) is 0. The molecule has 0 saturated heterocycles. The second kappa shape index (κ2) is 10.7. The molecule has 2 amide bonds. The van der Waals surface area contributed by atoms with E-state index >= 15 is 0 Å². The predicted molar refractivity (Wildman–Crippen MR) is 87.9 cm³/mol. The van der Waals surface area contributed by atoms with Gasteiger partial charge in [0.2, 0.25) is 11.8 Å². The lowest BCUT2D eigenvalue weighted by atomic mass is 10.1. The SMILES string of the molecule is CCOCC(=O)NC[C@@H](c1ccc(F)cc1)N(C)C(=O)COCC. The van der Waals surface area contributed by atoms with Gasteiger partial charge in [-0.2, -0.15) is 0 Å². The van der Waals surface area contributed by atoms with Crippen LogP contribution in [0.5, 0.6) is 0 Å². The monoisotopic (exact) mass is 340 g/mol. The van der Waals surface area contributed by atoms with Gasteiger partial charge in [-0.15, -0.1) is 0 Å². The first-order valence-corrected chi connectivity index (χ1v) is 7.92. The number of hydrogen-bond acceptors (Lipinski definition) is 4. The number of hydrogen-bond donors (Lipinski definition) is 1. The molecule has 134 valence electrons. The van der Waals surface area contributed by atoms with Gasteiger partial charge in [0, 0.05) is 26.8 Å². The average molecular weight is 340 g/mol. The first-order chi connectivity index (χ1) is 11.5. The molecule has 1 N–H and O–H groups in total. The Bertz CT molecular complexity index is 522. The van der Waals surface area contributed by atoms with E-state index in [9.17, 15) is 14.0 Å². The van der Waals surface area contributed by atoms with Crippen LogP contribution in [0.4, 0.5) is 4.39 Å². The summed E-state index contributed by atoms with van der Waals surface area (Å²) in [6, 6.07) is 5.42. The molecule has 1 aromatic rings. The van der Waals surface area contributed by atoms with Crippen molar-refractivity contribution in [1.29, 1.82) is 0 Å². The Morgan fingerprint density at radius 1 is 1.12 bits per heavy atom. The predicted octanol–water partition coefficient (Wildman–Crippen LogP) is 1.51. The molecule has 1 rings (SSSR count). The Morgan fingerprint density at radius 2 is 1.71 bits per heavy atom. The molecule has 0 aliphatic rings. The molecule has 0 aliphatic heterocycles. The molecule has 0 saturated carbocycles. The summed E-state index contributed by atoms with van der Waals surface area (Å²) >= 11 is 0. The number of rotatable bonds is 10. The Hall–Kier alpha value is -1.99. The van der Waals surface area contributed by atoms with Crippen molar-refractivity contribution in [2.45, 2.75) is 19.9 Å². The highest BCUT2D eigenvalue weighted by atomic mass is 19.1. The van der Waals surface area contributed by atoms with E-state index in [-0.39, 0.29) is 37.4 Å². The smallest absolute Gasteiger partial charge is 0.248 e. The minimum atomic E-state index is -0.427. The second-order valence-electron chi connectivity index (χ2n) is 5.15. The Labute approximate surface area is 141 Å². The Kier molecular flexibility index (Phi) is 8.96. The lowest BCUT2D eigenvalue weighted by molar-refractivity contribution is -0.137. The minimum absolute atomic E-state index is 0.0384. The molecule has 24 heavy (non-hydrogen) atoms. The molecular weight excluding hydrogens is 315 g/mol. The second-order valence-corrected chi connectivity index (χ2v) is 5.15. The third-order valence-corrected chi connectivity index (χ3v) is 3.48. The van der Waals surface area contributed by atoms with Crippen LogP contribution < -0.4 is 5.32 Å². The van der Waals surface area contributed by atoms with Gasteiger partial charge in [0.05, 0.1) is 6.04 Å². The summed E-state index contributed by atoms with van der Waals surface area (Å²) in [5, 5.41) is 2.73. The van der Waals surface area contributed by atoms with Crippen LogP contribution in [-0.2, 0) is 19.1 Å². The summed E-state index contributed by atoms with van der Waals surface area (Å²) < 4.78 is 23.3. The first-order valence-electron chi connectivity index (χ1n) is 7.92. The van der Waals surface area contributed by atoms with E-state index < -0.39 is 6.04 Å². The van der Waals surface area contributed by atoms with Crippen molar-refractivity contribution >= 4 is 11.8 Å². The third kappa shape index (κ3) is 6.64. The zero-order chi connectivity index (χ0) is 17.9. The molecule has 0 aliphatic carbocycles. The number of amides is 2. The lowest BCUT2D eigenvalue weighted by Gasteiger charge is -2.29. The van der Waals surface area contributed by atoms with Gasteiger partial charge in [0.25, 0.3) is 0 Å². The van der Waals surface area contributed by atoms with Crippen molar-refractivity contribution in [1.82, 2.24) is 10.2 Å². The van der Waals surface area contributed by atoms with Gasteiger partial charge in [-0.1, -0.05) is 12.1 Å². The van der Waals surface area contributed by atoms with Crippen LogP contribution in [0.3, 0.4) is 0 Å². The standard InChI is InChI=1S/C17H25FN2O4/c1-4-23-11-16(21)19-10-15(13-6-8-14(18)9-7-13)20(3)17(22)12-24-5-2/h6-9,15H,4-5,10-12H2,1-3H3,(H,19,21)/t15-/m0/s1. The molecule has 0 spiro atoms. The van der Waals surface area contributed by atoms with Gasteiger partial charge in [0.1, 0.15) is 19.0 Å². The summed E-state index contributed by atoms with van der Waals surface area (Å²) in [5.74, 6) is -0.846. The number of nitrogens with zero attached hydrogens (tertiary/aromatic N) is 1. The largest absolute Gasteiger partial charge is 0.372 e. The lowest BCUT2D eigenvalue weighted by Crippen LogP contribution is -2.41. The molecule has 0 radical (unpaired) electrons. The topological polar surface area (TPSA) is 67.9 Å². The van der Waals surface area contributed by atoms with Crippen molar-refractivity contribution in [3.05, 3.63) is 35.6 Å². The maximum Gasteiger partial charge on any atom is 0.248 e. The minimum Gasteiger partial charge on any atom is -0.372 e. The van der Waals surface area contributed by atoms with E-state index in [0.29, 0.717) is 13.2 Å². The number of ether oxygens (including phenoxy) is 2. The van der Waals surface area contributed by atoms with Gasteiger partial charge in [-0.25, -0.2) is 4.39 Å². The fourth-order valence-corrected chi connectivity index (χ4v) is 2.08. The normalized spacial score (nSPS) is 11.8. The molecule has 0 heterocycles. The van der Waals surface area contributed by atoms with Crippen molar-refractivity contribution < 1.29 is 23.5 Å². The Balaban J connectivity index is 2.80. The number of carbonyl (C=O) groups is 2. The number of likely N-dealkylation sites (N-methyl/N-ethyl adjacent to an activating group) is 1. The number of halogens is 1. The highest BCUT2D eigenvalue weighted by molar-refractivity contribution is 5.79. The third-order valence-electron chi connectivity index (χ3n) is 3.48. The van der Waals surface area contributed by atoms with Crippen LogP contribution in [-0.4, -0.2) is 56.7 Å². The fourth-order valence-electron chi connectivity index (χ4n) is 2.08. The van der Waals surface area contributed by atoms with Gasteiger partial charge in [0.15, 0.2) is 0 Å². The molecule has 0 bridgehead atoms. The van der Waals surface area contributed by atoms with Crippen LogP contribution in [0.15, 0.2) is 24.3 Å². The quantitative estimate of drug-likeness (QED) is 0.701. The zero-order valence-corrected chi connectivity index (χ0v) is 14.4. The molecular formula is C17H25FN2O4. The summed E-state index contributed by atoms with van der Waals surface area (Å²) in [4.78, 5) is 25.4. The van der Waals surface area contributed by atoms with Gasteiger partial charge in [-0.3, -0.25) is 9.59 Å². The van der Waals surface area contributed by atoms with Crippen LogP contribution in [0.1, 0.15) is 25.5 Å². The summed E-state index contributed by atoms with van der Waals surface area (Å²) in [6.45, 7) is 4.60. The van der Waals surface area contributed by atoms with E-state index in [2.05, 4.69) is 5.32 Å². The number of benzene rings is 1. The molecule has 1 aromatic carbocycles. The molecule has 6 nitrogen and oxygen atoms in total. The molecule has 0 unspecified atom stereocenters. The van der Waals surface area contributed by atoms with Gasteiger partial charge in [-0.05, 0) is 31.5 Å². The zero-order valence-electron chi connectivity index (χ0n) is 14.4. The van der Waals surface area contributed by atoms with E-state index in [0.717, 1.165) is 5.56 Å². The number of carbonyl (C=O) groups excluding carboxylic acids is 2. The van der Waals surface area contributed by atoms with E-state index in [1.165, 1.54) is 17.0 Å². The van der Waals surface area contributed by atoms with Crippen molar-refractivity contribution in [2.75, 3.05) is 40.0 Å². The van der Waals surface area contributed by atoms with Crippen LogP contribution in [0, 0.1) is 5.82 Å². The fraction of sp³-hybridized carbons (Fsp3) is 0.529. The van der Waals surface area contributed by atoms with Crippen LogP contribution in [0.25, 0.3) is 0 Å². The van der Waals surface area contributed by atoms with E-state index in [4.69, 9.17) is 9.47 Å². The molecule has 7 heteroatoms.